The highest BCUT2D eigenvalue weighted by Crippen LogP contribution is 2.33. The molecule has 2 aromatic rings. The van der Waals surface area contributed by atoms with Gasteiger partial charge in [-0.2, -0.15) is 0 Å². The Morgan fingerprint density at radius 1 is 0.871 bits per heavy atom. The van der Waals surface area contributed by atoms with Crippen molar-refractivity contribution in [1.82, 2.24) is 0 Å². The van der Waals surface area contributed by atoms with Gasteiger partial charge in [-0.3, -0.25) is 9.59 Å². The summed E-state index contributed by atoms with van der Waals surface area (Å²) in [6, 6.07) is 9.99. The molecule has 4 rings (SSSR count). The summed E-state index contributed by atoms with van der Waals surface area (Å²) in [6.45, 7) is -0.531. The number of rotatable bonds is 6. The van der Waals surface area contributed by atoms with Gasteiger partial charge in [0.1, 0.15) is 30.2 Å². The normalized spacial score (nSPS) is 27.0. The summed E-state index contributed by atoms with van der Waals surface area (Å²) < 4.78 is 21.1. The number of fused-ring (bicyclic) bond motifs is 1. The van der Waals surface area contributed by atoms with Crippen LogP contribution in [0.1, 0.15) is 20.7 Å². The van der Waals surface area contributed by atoms with Crippen molar-refractivity contribution in [3.63, 3.8) is 0 Å². The fourth-order valence-electron chi connectivity index (χ4n) is 3.28. The number of aliphatic hydroxyl groups excluding tert-OH is 4. The SMILES string of the molecule is O=C(C(=O)c1ccc2c(c1)OCO2)c1ccc(O[C@@H]2O[C@H](CO)[C@@H](O)[C@H](O)[C@H]2O)cc1. The average molecular weight is 432 g/mol. The van der Waals surface area contributed by atoms with Crippen LogP contribution in [0.4, 0.5) is 0 Å². The van der Waals surface area contributed by atoms with E-state index in [0.29, 0.717) is 11.5 Å². The van der Waals surface area contributed by atoms with E-state index < -0.39 is 48.9 Å². The lowest BCUT2D eigenvalue weighted by molar-refractivity contribution is -0.277. The number of ketones is 2. The first kappa shape index (κ1) is 21.2. The lowest BCUT2D eigenvalue weighted by atomic mass is 9.99. The molecule has 0 saturated carbocycles. The zero-order valence-corrected chi connectivity index (χ0v) is 16.1. The van der Waals surface area contributed by atoms with Crippen molar-refractivity contribution >= 4 is 11.6 Å². The molecule has 2 heterocycles. The van der Waals surface area contributed by atoms with Gasteiger partial charge in [-0.05, 0) is 42.5 Å². The van der Waals surface area contributed by atoms with E-state index in [-0.39, 0.29) is 23.7 Å². The largest absolute Gasteiger partial charge is 0.462 e. The molecule has 0 amide bonds. The van der Waals surface area contributed by atoms with Crippen molar-refractivity contribution in [2.24, 2.45) is 0 Å². The van der Waals surface area contributed by atoms with Gasteiger partial charge in [0.25, 0.3) is 0 Å². The number of hydrogen-bond donors (Lipinski definition) is 4. The maximum Gasteiger partial charge on any atom is 0.233 e. The molecular weight excluding hydrogens is 412 g/mol. The number of Topliss-reactive ketones (excluding diaryl/α,β-unsaturated/α-hetero) is 2. The van der Waals surface area contributed by atoms with Crippen LogP contribution >= 0.6 is 0 Å². The fraction of sp³-hybridized carbons (Fsp3) is 0.333. The van der Waals surface area contributed by atoms with Crippen LogP contribution in [0.3, 0.4) is 0 Å². The minimum atomic E-state index is -1.57. The zero-order chi connectivity index (χ0) is 22.1. The van der Waals surface area contributed by atoms with Gasteiger partial charge in [0, 0.05) is 11.1 Å². The summed E-state index contributed by atoms with van der Waals surface area (Å²) >= 11 is 0. The highest BCUT2D eigenvalue weighted by Gasteiger charge is 2.44. The molecule has 10 nitrogen and oxygen atoms in total. The van der Waals surface area contributed by atoms with Gasteiger partial charge in [-0.25, -0.2) is 0 Å². The number of benzene rings is 2. The van der Waals surface area contributed by atoms with Crippen LogP contribution in [0, 0.1) is 0 Å². The summed E-state index contributed by atoms with van der Waals surface area (Å²) in [6.07, 6.45) is -7.10. The molecule has 0 spiro atoms. The van der Waals surface area contributed by atoms with Crippen molar-refractivity contribution in [2.75, 3.05) is 13.4 Å². The standard InChI is InChI=1S/C21H20O10/c22-8-15-18(25)19(26)20(27)21(31-15)30-12-4-1-10(2-5-12)16(23)17(24)11-3-6-13-14(7-11)29-9-28-13/h1-7,15,18-22,25-27H,8-9H2/t15-,18-,19+,20-,21-/m1/s1. The van der Waals surface area contributed by atoms with Gasteiger partial charge in [0.05, 0.1) is 6.61 Å². The lowest BCUT2D eigenvalue weighted by Crippen LogP contribution is -2.60. The number of carbonyl (C=O) groups excluding carboxylic acids is 2. The maximum atomic E-state index is 12.5. The third-order valence-electron chi connectivity index (χ3n) is 5.06. The van der Waals surface area contributed by atoms with Gasteiger partial charge in [0.15, 0.2) is 11.5 Å². The molecule has 5 atom stereocenters. The molecule has 4 N–H and O–H groups in total. The average Bonchev–Trinajstić information content (AvgIpc) is 3.27. The highest BCUT2D eigenvalue weighted by molar-refractivity contribution is 6.49. The minimum absolute atomic E-state index is 0.0524. The van der Waals surface area contributed by atoms with Crippen LogP contribution in [-0.2, 0) is 4.74 Å². The lowest BCUT2D eigenvalue weighted by Gasteiger charge is -2.39. The van der Waals surface area contributed by atoms with Gasteiger partial charge < -0.3 is 39.4 Å². The Hall–Kier alpha value is -3.02. The van der Waals surface area contributed by atoms with E-state index in [0.717, 1.165) is 0 Å². The summed E-state index contributed by atoms with van der Waals surface area (Å²) in [5, 5.41) is 38.9. The third-order valence-corrected chi connectivity index (χ3v) is 5.06. The van der Waals surface area contributed by atoms with E-state index in [4.69, 9.17) is 18.9 Å². The Morgan fingerprint density at radius 2 is 1.52 bits per heavy atom. The molecule has 0 aliphatic carbocycles. The van der Waals surface area contributed by atoms with Crippen LogP contribution in [0.15, 0.2) is 42.5 Å². The van der Waals surface area contributed by atoms with Crippen LogP contribution in [0.5, 0.6) is 17.2 Å². The predicted octanol–water partition coefficient (Wildman–Crippen LogP) is -0.340. The maximum absolute atomic E-state index is 12.5. The number of hydrogen-bond acceptors (Lipinski definition) is 10. The molecule has 10 heteroatoms. The first-order valence-electron chi connectivity index (χ1n) is 9.45. The molecule has 31 heavy (non-hydrogen) atoms. The molecule has 1 fully saturated rings. The molecule has 164 valence electrons. The molecule has 0 bridgehead atoms. The van der Waals surface area contributed by atoms with E-state index in [1.165, 1.54) is 36.4 Å². The van der Waals surface area contributed by atoms with Crippen LogP contribution in [-0.4, -0.2) is 76.1 Å². The topological polar surface area (TPSA) is 152 Å². The fourth-order valence-corrected chi connectivity index (χ4v) is 3.28. The Kier molecular flexibility index (Phi) is 5.90. The van der Waals surface area contributed by atoms with Gasteiger partial charge >= 0.3 is 0 Å². The zero-order valence-electron chi connectivity index (χ0n) is 16.1. The Bertz CT molecular complexity index is 971. The quantitative estimate of drug-likeness (QED) is 0.352. The van der Waals surface area contributed by atoms with E-state index >= 15 is 0 Å². The van der Waals surface area contributed by atoms with Crippen molar-refractivity contribution in [3.8, 4) is 17.2 Å². The Balaban J connectivity index is 1.44. The summed E-state index contributed by atoms with van der Waals surface area (Å²) in [5.41, 5.74) is 0.278. The van der Waals surface area contributed by atoms with Crippen molar-refractivity contribution in [3.05, 3.63) is 53.6 Å². The van der Waals surface area contributed by atoms with Crippen molar-refractivity contribution < 1.29 is 49.0 Å². The van der Waals surface area contributed by atoms with Crippen LogP contribution < -0.4 is 14.2 Å². The molecule has 0 unspecified atom stereocenters. The summed E-state index contributed by atoms with van der Waals surface area (Å²) in [5.74, 6) is -0.392. The first-order valence-corrected chi connectivity index (χ1v) is 9.45. The molecule has 0 radical (unpaired) electrons. The van der Waals surface area contributed by atoms with Crippen LogP contribution in [0.2, 0.25) is 0 Å². The van der Waals surface area contributed by atoms with Crippen molar-refractivity contribution in [2.45, 2.75) is 30.7 Å². The third kappa shape index (κ3) is 4.11. The number of aliphatic hydroxyl groups is 4. The Labute approximate surface area is 176 Å². The minimum Gasteiger partial charge on any atom is -0.462 e. The summed E-state index contributed by atoms with van der Waals surface area (Å²) in [4.78, 5) is 25.1. The van der Waals surface area contributed by atoms with E-state index in [1.54, 1.807) is 6.07 Å². The predicted molar refractivity (Wildman–Crippen MR) is 102 cm³/mol. The van der Waals surface area contributed by atoms with Gasteiger partial charge in [-0.15, -0.1) is 0 Å². The second-order valence-electron chi connectivity index (χ2n) is 7.07. The summed E-state index contributed by atoms with van der Waals surface area (Å²) in [7, 11) is 0. The molecule has 0 aromatic heterocycles. The van der Waals surface area contributed by atoms with Gasteiger partial charge in [0.2, 0.25) is 24.6 Å². The first-order chi connectivity index (χ1) is 14.9. The second-order valence-corrected chi connectivity index (χ2v) is 7.07. The van der Waals surface area contributed by atoms with E-state index in [1.807, 2.05) is 0 Å². The molecule has 2 aliphatic heterocycles. The molecule has 2 aromatic carbocycles. The molecule has 2 aliphatic rings. The monoisotopic (exact) mass is 432 g/mol. The number of carbonyl (C=O) groups is 2. The smallest absolute Gasteiger partial charge is 0.233 e. The number of ether oxygens (including phenoxy) is 4. The second kappa shape index (κ2) is 8.61. The van der Waals surface area contributed by atoms with Gasteiger partial charge in [-0.1, -0.05) is 0 Å². The van der Waals surface area contributed by atoms with E-state index in [9.17, 15) is 30.0 Å². The molecule has 1 saturated heterocycles. The Morgan fingerprint density at radius 3 is 2.23 bits per heavy atom. The highest BCUT2D eigenvalue weighted by atomic mass is 16.7. The van der Waals surface area contributed by atoms with Crippen molar-refractivity contribution in [1.29, 1.82) is 0 Å². The van der Waals surface area contributed by atoms with Crippen LogP contribution in [0.25, 0.3) is 0 Å². The molecular formula is C21H20O10. The van der Waals surface area contributed by atoms with E-state index in [2.05, 4.69) is 0 Å².